The molecule has 0 bridgehead atoms. The first kappa shape index (κ1) is 35.6. The van der Waals surface area contributed by atoms with Crippen molar-refractivity contribution in [1.82, 2.24) is 65.2 Å². The van der Waals surface area contributed by atoms with Gasteiger partial charge in [0.15, 0.2) is 11.6 Å². The number of hydrogen-bond acceptors (Lipinski definition) is 8. The number of aryl methyl sites for hydroxylation is 2. The Kier molecular flexibility index (Phi) is 9.03. The maximum Gasteiger partial charge on any atom is 0.159 e. The third-order valence-corrected chi connectivity index (χ3v) is 10.5. The van der Waals surface area contributed by atoms with Crippen LogP contribution in [0.4, 0.5) is 0 Å². The smallest absolute Gasteiger partial charge is 0.159 e. The number of hydrogen-bond donors (Lipinski definition) is 5. The summed E-state index contributed by atoms with van der Waals surface area (Å²) in [4.78, 5) is 29.5. The van der Waals surface area contributed by atoms with Gasteiger partial charge in [-0.2, -0.15) is 10.2 Å². The van der Waals surface area contributed by atoms with Gasteiger partial charge in [0.2, 0.25) is 0 Å². The fraction of sp³-hybridized carbons (Fsp3) is 0.109. The highest BCUT2D eigenvalue weighted by atomic mass is 15.1. The Bertz CT molecular complexity index is 3240. The van der Waals surface area contributed by atoms with Crippen LogP contribution in [0.25, 0.3) is 94.9 Å². The van der Waals surface area contributed by atoms with Crippen LogP contribution in [0.5, 0.6) is 0 Å². The lowest BCUT2D eigenvalue weighted by molar-refractivity contribution is 0.724. The minimum absolute atomic E-state index is 0.727. The van der Waals surface area contributed by atoms with E-state index in [1.807, 2.05) is 97.3 Å². The summed E-state index contributed by atoms with van der Waals surface area (Å²) in [6.07, 6.45) is 11.3. The van der Waals surface area contributed by atoms with Crippen molar-refractivity contribution < 1.29 is 0 Å². The van der Waals surface area contributed by atoms with E-state index in [1.54, 1.807) is 0 Å². The van der Waals surface area contributed by atoms with E-state index in [9.17, 15) is 0 Å². The zero-order valence-corrected chi connectivity index (χ0v) is 32.6. The van der Waals surface area contributed by atoms with Gasteiger partial charge in [-0.15, -0.1) is 0 Å². The third-order valence-electron chi connectivity index (χ3n) is 10.5. The molecule has 0 aliphatic heterocycles. The number of nitrogens with zero attached hydrogens (tertiary/aromatic N) is 8. The van der Waals surface area contributed by atoms with Crippen molar-refractivity contribution in [1.29, 1.82) is 0 Å². The maximum absolute atomic E-state index is 4.91. The summed E-state index contributed by atoms with van der Waals surface area (Å²) in [5.74, 6) is 1.49. The number of benzene rings is 4. The number of nitrogens with one attached hydrogen (secondary N) is 5. The van der Waals surface area contributed by atoms with Crippen LogP contribution in [0.2, 0.25) is 0 Å². The second-order valence-electron chi connectivity index (χ2n) is 14.5. The van der Waals surface area contributed by atoms with Crippen molar-refractivity contribution in [3.63, 3.8) is 0 Å². The number of H-pyrrole nitrogens is 4. The van der Waals surface area contributed by atoms with E-state index < -0.39 is 0 Å². The Morgan fingerprint density at radius 3 is 2.17 bits per heavy atom. The number of fused-ring (bicyclic) bond motifs is 4. The molecule has 0 unspecified atom stereocenters. The molecule has 5 N–H and O–H groups in total. The predicted molar refractivity (Wildman–Crippen MR) is 233 cm³/mol. The molecule has 288 valence electrons. The Hall–Kier alpha value is -7.77. The molecule has 11 rings (SSSR count). The Morgan fingerprint density at radius 1 is 0.661 bits per heavy atom. The summed E-state index contributed by atoms with van der Waals surface area (Å²) in [7, 11) is 0. The van der Waals surface area contributed by atoms with Gasteiger partial charge in [-0.05, 0) is 103 Å². The minimum atomic E-state index is 0.727. The molecule has 0 saturated heterocycles. The highest BCUT2D eigenvalue weighted by Crippen LogP contribution is 2.33. The van der Waals surface area contributed by atoms with Crippen LogP contribution in [0.15, 0.2) is 128 Å². The van der Waals surface area contributed by atoms with Crippen LogP contribution in [0.3, 0.4) is 0 Å². The van der Waals surface area contributed by atoms with Crippen LogP contribution >= 0.6 is 0 Å². The van der Waals surface area contributed by atoms with Gasteiger partial charge < -0.3 is 19.9 Å². The molecule has 0 radical (unpaired) electrons. The number of pyridine rings is 2. The first-order valence-corrected chi connectivity index (χ1v) is 19.5. The topological polar surface area (TPSA) is 170 Å². The molecule has 0 aliphatic rings. The Labute approximate surface area is 338 Å². The van der Waals surface area contributed by atoms with E-state index in [1.165, 1.54) is 11.1 Å². The van der Waals surface area contributed by atoms with E-state index >= 15 is 0 Å². The van der Waals surface area contributed by atoms with Crippen molar-refractivity contribution in [2.75, 3.05) is 6.54 Å². The first-order valence-electron chi connectivity index (χ1n) is 19.5. The zero-order chi connectivity index (χ0) is 39.9. The summed E-state index contributed by atoms with van der Waals surface area (Å²) in [5, 5.41) is 20.7. The van der Waals surface area contributed by atoms with Gasteiger partial charge in [0.05, 0.1) is 45.3 Å². The molecule has 0 fully saturated rings. The van der Waals surface area contributed by atoms with Gasteiger partial charge in [-0.1, -0.05) is 37.3 Å². The monoisotopic (exact) mass is 773 g/mol. The fourth-order valence-electron chi connectivity index (χ4n) is 7.47. The molecule has 7 aromatic heterocycles. The van der Waals surface area contributed by atoms with Gasteiger partial charge in [0.1, 0.15) is 16.9 Å². The molecule has 0 aliphatic carbocycles. The number of rotatable bonds is 8. The van der Waals surface area contributed by atoms with Crippen molar-refractivity contribution in [2.24, 2.45) is 0 Å². The van der Waals surface area contributed by atoms with Crippen molar-refractivity contribution in [3.05, 3.63) is 145 Å². The van der Waals surface area contributed by atoms with E-state index in [2.05, 4.69) is 107 Å². The summed E-state index contributed by atoms with van der Waals surface area (Å²) >= 11 is 0. The van der Waals surface area contributed by atoms with Crippen LogP contribution in [0, 0.1) is 13.8 Å². The first-order chi connectivity index (χ1) is 29.0. The normalized spacial score (nSPS) is 11.5. The third kappa shape index (κ3) is 6.78. The Morgan fingerprint density at radius 2 is 1.41 bits per heavy atom. The fourth-order valence-corrected chi connectivity index (χ4v) is 7.47. The second kappa shape index (κ2) is 15.0. The summed E-state index contributed by atoms with van der Waals surface area (Å²) < 4.78 is 1.99. The highest BCUT2D eigenvalue weighted by Gasteiger charge is 2.17. The predicted octanol–water partition coefficient (Wildman–Crippen LogP) is 9.25. The Balaban J connectivity index is 0.000000143. The number of aromatic nitrogens is 12. The molecule has 0 atom stereocenters. The van der Waals surface area contributed by atoms with Crippen LogP contribution in [-0.2, 0) is 6.54 Å². The van der Waals surface area contributed by atoms with Gasteiger partial charge in [-0.3, -0.25) is 20.2 Å². The van der Waals surface area contributed by atoms with E-state index in [-0.39, 0.29) is 0 Å². The SMILES string of the molecule is CCNCc1cncc(-c2ccc3[nH]nc(-c4nc5ccccc5[nH]4)c3c2)c1.Cc1cn(-c2cccc3[nH]c(-c4n[nH]c5ccc(-c6cnccc6C)cc45)nc23)cn1. The van der Waals surface area contributed by atoms with Crippen LogP contribution < -0.4 is 5.32 Å². The lowest BCUT2D eigenvalue weighted by Gasteiger charge is -2.06. The molecule has 7 heterocycles. The van der Waals surface area contributed by atoms with E-state index in [0.717, 1.165) is 114 Å². The highest BCUT2D eigenvalue weighted by molar-refractivity contribution is 5.97. The minimum Gasteiger partial charge on any atom is -0.337 e. The van der Waals surface area contributed by atoms with Gasteiger partial charge in [0.25, 0.3) is 0 Å². The molecule has 4 aromatic carbocycles. The summed E-state index contributed by atoms with van der Waals surface area (Å²) in [5.41, 5.74) is 16.0. The van der Waals surface area contributed by atoms with Gasteiger partial charge >= 0.3 is 0 Å². The van der Waals surface area contributed by atoms with Crippen molar-refractivity contribution in [3.8, 4) is 51.0 Å². The lowest BCUT2D eigenvalue weighted by Crippen LogP contribution is -2.11. The molecular formula is C46H39N13. The number of aromatic amines is 4. The van der Waals surface area contributed by atoms with Gasteiger partial charge in [0, 0.05) is 59.4 Å². The quantitative estimate of drug-likeness (QED) is 0.102. The molecule has 0 saturated carbocycles. The van der Waals surface area contributed by atoms with E-state index in [4.69, 9.17) is 9.97 Å². The average molecular weight is 774 g/mol. The molecule has 13 nitrogen and oxygen atoms in total. The number of para-hydroxylation sites is 3. The van der Waals surface area contributed by atoms with E-state index in [0.29, 0.717) is 0 Å². The number of imidazole rings is 3. The van der Waals surface area contributed by atoms with Crippen molar-refractivity contribution in [2.45, 2.75) is 27.3 Å². The standard InChI is InChI=1S/C24H19N7.C22H20N6/c1-14-8-9-25-11-18(14)16-6-7-19-17(10-16)22(30-29-19)24-27-20-4-3-5-21(23(20)28-24)31-12-15(2)26-13-31;1-2-23-11-14-9-16(13-24-12-14)15-7-8-18-17(10-15)21(28-27-18)22-25-19-5-3-4-6-20(19)26-22/h3-13H,1-2H3,(H,27,28)(H,29,30);3-10,12-13,23H,2,11H2,1H3,(H,25,26)(H,27,28). The molecule has 0 amide bonds. The summed E-state index contributed by atoms with van der Waals surface area (Å²) in [6, 6.07) is 30.9. The molecule has 59 heavy (non-hydrogen) atoms. The molecule has 13 heteroatoms. The maximum atomic E-state index is 4.91. The summed E-state index contributed by atoms with van der Waals surface area (Å²) in [6.45, 7) is 7.92. The van der Waals surface area contributed by atoms with Crippen LogP contribution in [-0.4, -0.2) is 66.4 Å². The zero-order valence-electron chi connectivity index (χ0n) is 32.6. The lowest BCUT2D eigenvalue weighted by atomic mass is 10.0. The average Bonchev–Trinajstić information content (AvgIpc) is 4.12. The largest absolute Gasteiger partial charge is 0.337 e. The van der Waals surface area contributed by atoms with Crippen molar-refractivity contribution >= 4 is 43.9 Å². The molecular weight excluding hydrogens is 735 g/mol. The van der Waals surface area contributed by atoms with Crippen LogP contribution in [0.1, 0.15) is 23.7 Å². The second-order valence-corrected chi connectivity index (χ2v) is 14.5. The molecule has 0 spiro atoms. The van der Waals surface area contributed by atoms with Gasteiger partial charge in [-0.25, -0.2) is 15.0 Å². The molecule has 11 aromatic rings.